The van der Waals surface area contributed by atoms with E-state index in [-0.39, 0.29) is 0 Å². The summed E-state index contributed by atoms with van der Waals surface area (Å²) in [6, 6.07) is 1.91. The van der Waals surface area contributed by atoms with Crippen molar-refractivity contribution in [2.24, 2.45) is 0 Å². The van der Waals surface area contributed by atoms with Gasteiger partial charge in [0.05, 0.1) is 6.10 Å². The Kier molecular flexibility index (Phi) is 2.32. The lowest BCUT2D eigenvalue weighted by atomic mass is 10.0. The van der Waals surface area contributed by atoms with Crippen molar-refractivity contribution in [3.63, 3.8) is 0 Å². The summed E-state index contributed by atoms with van der Waals surface area (Å²) in [4.78, 5) is 4.09. The number of nitrogens with two attached hydrogens (primary N) is 1. The first-order valence-corrected chi connectivity index (χ1v) is 5.09. The largest absolute Gasteiger partial charge is 0.490 e. The van der Waals surface area contributed by atoms with Crippen LogP contribution in [0.15, 0.2) is 12.3 Å². The molecule has 3 nitrogen and oxygen atoms in total. The molecular weight excluding hydrogens is 176 g/mol. The van der Waals surface area contributed by atoms with E-state index in [0.717, 1.165) is 11.3 Å². The van der Waals surface area contributed by atoms with E-state index in [4.69, 9.17) is 10.5 Å². The molecule has 76 valence electrons. The molecule has 0 aliphatic heterocycles. The lowest BCUT2D eigenvalue weighted by Gasteiger charge is -2.14. The molecule has 14 heavy (non-hydrogen) atoms. The average molecular weight is 192 g/mol. The monoisotopic (exact) mass is 192 g/mol. The highest BCUT2D eigenvalue weighted by molar-refractivity contribution is 5.50. The van der Waals surface area contributed by atoms with Crippen LogP contribution in [0.2, 0.25) is 0 Å². The maximum absolute atomic E-state index is 5.83. The molecule has 1 aliphatic rings. The first kappa shape index (κ1) is 9.31. The Morgan fingerprint density at radius 3 is 2.79 bits per heavy atom. The molecular formula is C11H16N2O. The van der Waals surface area contributed by atoms with Gasteiger partial charge in [-0.1, -0.05) is 13.8 Å². The second-order valence-electron chi connectivity index (χ2n) is 4.08. The van der Waals surface area contributed by atoms with E-state index in [1.54, 1.807) is 6.20 Å². The molecule has 0 atom stereocenters. The van der Waals surface area contributed by atoms with Gasteiger partial charge in [0, 0.05) is 11.8 Å². The Morgan fingerprint density at radius 1 is 1.50 bits per heavy atom. The molecule has 0 radical (unpaired) electrons. The van der Waals surface area contributed by atoms with E-state index in [2.05, 4.69) is 18.8 Å². The third kappa shape index (κ3) is 1.81. The van der Waals surface area contributed by atoms with Gasteiger partial charge in [0.2, 0.25) is 0 Å². The number of hydrogen-bond donors (Lipinski definition) is 1. The summed E-state index contributed by atoms with van der Waals surface area (Å²) in [5, 5.41) is 0. The van der Waals surface area contributed by atoms with Crippen LogP contribution < -0.4 is 10.5 Å². The maximum Gasteiger partial charge on any atom is 0.130 e. The normalized spacial score (nSPS) is 15.9. The van der Waals surface area contributed by atoms with Crippen LogP contribution in [-0.4, -0.2) is 11.1 Å². The highest BCUT2D eigenvalue weighted by atomic mass is 16.5. The number of aromatic nitrogens is 1. The molecule has 0 saturated heterocycles. The second-order valence-corrected chi connectivity index (χ2v) is 4.08. The second kappa shape index (κ2) is 3.48. The predicted molar refractivity (Wildman–Crippen MR) is 56.4 cm³/mol. The first-order valence-electron chi connectivity index (χ1n) is 5.09. The van der Waals surface area contributed by atoms with Crippen molar-refractivity contribution in [1.29, 1.82) is 0 Å². The summed E-state index contributed by atoms with van der Waals surface area (Å²) in [6.07, 6.45) is 4.45. The van der Waals surface area contributed by atoms with E-state index in [9.17, 15) is 0 Å². The fourth-order valence-electron chi connectivity index (χ4n) is 1.52. The number of nitrogens with zero attached hydrogens (tertiary/aromatic N) is 1. The molecule has 0 amide bonds. The van der Waals surface area contributed by atoms with Crippen molar-refractivity contribution in [3.05, 3.63) is 17.8 Å². The molecule has 0 bridgehead atoms. The van der Waals surface area contributed by atoms with E-state index in [1.807, 2.05) is 6.07 Å². The Balaban J connectivity index is 2.30. The Hall–Kier alpha value is -1.25. The number of pyridine rings is 1. The van der Waals surface area contributed by atoms with Crippen molar-refractivity contribution in [2.45, 2.75) is 38.7 Å². The van der Waals surface area contributed by atoms with Gasteiger partial charge >= 0.3 is 0 Å². The van der Waals surface area contributed by atoms with E-state index in [1.165, 1.54) is 12.8 Å². The zero-order valence-electron chi connectivity index (χ0n) is 8.66. The topological polar surface area (TPSA) is 48.1 Å². The SMILES string of the molecule is CC(C)c1c(OC2CC2)ccnc1N. The van der Waals surface area contributed by atoms with Crippen LogP contribution in [0.1, 0.15) is 38.2 Å². The quantitative estimate of drug-likeness (QED) is 0.799. The molecule has 2 N–H and O–H groups in total. The van der Waals surface area contributed by atoms with Gasteiger partial charge in [-0.25, -0.2) is 4.98 Å². The summed E-state index contributed by atoms with van der Waals surface area (Å²) in [5.41, 5.74) is 6.87. The molecule has 0 spiro atoms. The van der Waals surface area contributed by atoms with Gasteiger partial charge < -0.3 is 10.5 Å². The van der Waals surface area contributed by atoms with Crippen LogP contribution in [-0.2, 0) is 0 Å². The molecule has 1 heterocycles. The Labute approximate surface area is 84.3 Å². The summed E-state index contributed by atoms with van der Waals surface area (Å²) >= 11 is 0. The minimum absolute atomic E-state index is 0.359. The molecule has 0 aromatic carbocycles. The zero-order valence-corrected chi connectivity index (χ0v) is 8.66. The highest BCUT2D eigenvalue weighted by Crippen LogP contribution is 2.34. The van der Waals surface area contributed by atoms with Crippen LogP contribution in [0.5, 0.6) is 5.75 Å². The van der Waals surface area contributed by atoms with Crippen LogP contribution >= 0.6 is 0 Å². The molecule has 1 aromatic heterocycles. The van der Waals surface area contributed by atoms with Gasteiger partial charge in [0.25, 0.3) is 0 Å². The number of nitrogen functional groups attached to an aromatic ring is 1. The van der Waals surface area contributed by atoms with Crippen LogP contribution in [0.25, 0.3) is 0 Å². The molecule has 1 fully saturated rings. The third-order valence-electron chi connectivity index (χ3n) is 2.38. The third-order valence-corrected chi connectivity index (χ3v) is 2.38. The van der Waals surface area contributed by atoms with Gasteiger partial charge in [-0.05, 0) is 24.8 Å². The van der Waals surface area contributed by atoms with Crippen LogP contribution in [0.3, 0.4) is 0 Å². The number of hydrogen-bond acceptors (Lipinski definition) is 3. The molecule has 2 rings (SSSR count). The van der Waals surface area contributed by atoms with Crippen molar-refractivity contribution >= 4 is 5.82 Å². The maximum atomic E-state index is 5.83. The van der Waals surface area contributed by atoms with Gasteiger partial charge in [-0.3, -0.25) is 0 Å². The highest BCUT2D eigenvalue weighted by Gasteiger charge is 2.25. The summed E-state index contributed by atoms with van der Waals surface area (Å²) < 4.78 is 5.78. The van der Waals surface area contributed by atoms with Gasteiger partial charge in [0.1, 0.15) is 11.6 Å². The van der Waals surface area contributed by atoms with E-state index < -0.39 is 0 Å². The summed E-state index contributed by atoms with van der Waals surface area (Å²) in [6.45, 7) is 4.21. The van der Waals surface area contributed by atoms with Gasteiger partial charge in [0.15, 0.2) is 0 Å². The minimum Gasteiger partial charge on any atom is -0.490 e. The molecule has 1 aromatic rings. The average Bonchev–Trinajstić information content (AvgIpc) is 2.87. The number of anilines is 1. The fourth-order valence-corrected chi connectivity index (χ4v) is 1.52. The van der Waals surface area contributed by atoms with Gasteiger partial charge in [-0.15, -0.1) is 0 Å². The van der Waals surface area contributed by atoms with Crippen molar-refractivity contribution in [1.82, 2.24) is 4.98 Å². The van der Waals surface area contributed by atoms with E-state index in [0.29, 0.717) is 17.8 Å². The Bertz CT molecular complexity index is 332. The number of ether oxygens (including phenoxy) is 1. The molecule has 1 saturated carbocycles. The van der Waals surface area contributed by atoms with E-state index >= 15 is 0 Å². The number of rotatable bonds is 3. The molecule has 0 unspecified atom stereocenters. The molecule has 3 heteroatoms. The fraction of sp³-hybridized carbons (Fsp3) is 0.545. The first-order chi connectivity index (χ1) is 6.68. The standard InChI is InChI=1S/C11H16N2O/c1-7(2)10-9(14-8-3-4-8)5-6-13-11(10)12/h5-8H,3-4H2,1-2H3,(H2,12,13). The molecule has 1 aliphatic carbocycles. The van der Waals surface area contributed by atoms with Crippen molar-refractivity contribution in [2.75, 3.05) is 5.73 Å². The predicted octanol–water partition coefficient (Wildman–Crippen LogP) is 2.33. The smallest absolute Gasteiger partial charge is 0.130 e. The minimum atomic E-state index is 0.359. The lowest BCUT2D eigenvalue weighted by Crippen LogP contribution is -2.05. The summed E-state index contributed by atoms with van der Waals surface area (Å²) in [5.74, 6) is 1.87. The summed E-state index contributed by atoms with van der Waals surface area (Å²) in [7, 11) is 0. The van der Waals surface area contributed by atoms with Crippen LogP contribution in [0, 0.1) is 0 Å². The lowest BCUT2D eigenvalue weighted by molar-refractivity contribution is 0.299. The van der Waals surface area contributed by atoms with Crippen molar-refractivity contribution in [3.8, 4) is 5.75 Å². The van der Waals surface area contributed by atoms with Crippen LogP contribution in [0.4, 0.5) is 5.82 Å². The zero-order chi connectivity index (χ0) is 10.1. The Morgan fingerprint density at radius 2 is 2.21 bits per heavy atom. The van der Waals surface area contributed by atoms with Gasteiger partial charge in [-0.2, -0.15) is 0 Å². The van der Waals surface area contributed by atoms with Crippen molar-refractivity contribution < 1.29 is 4.74 Å².